The zero-order valence-electron chi connectivity index (χ0n) is 13.7. The highest BCUT2D eigenvalue weighted by atomic mass is 19.1. The van der Waals surface area contributed by atoms with Crippen LogP contribution < -0.4 is 5.32 Å². The fraction of sp³-hybridized carbons (Fsp3) is 0.556. The molecule has 1 aromatic carbocycles. The van der Waals surface area contributed by atoms with E-state index in [2.05, 4.69) is 5.32 Å². The van der Waals surface area contributed by atoms with Gasteiger partial charge in [-0.15, -0.1) is 0 Å². The molecule has 1 heterocycles. The van der Waals surface area contributed by atoms with Crippen molar-refractivity contribution in [3.05, 3.63) is 35.6 Å². The summed E-state index contributed by atoms with van der Waals surface area (Å²) in [6.45, 7) is 2.15. The molecule has 130 valence electrons. The number of ether oxygens (including phenoxy) is 1. The second-order valence-corrected chi connectivity index (χ2v) is 6.57. The van der Waals surface area contributed by atoms with Crippen LogP contribution in [-0.2, 0) is 9.53 Å². The van der Waals surface area contributed by atoms with Crippen LogP contribution in [0.5, 0.6) is 0 Å². The zero-order chi connectivity index (χ0) is 17.0. The summed E-state index contributed by atoms with van der Waals surface area (Å²) in [6.07, 6.45) is 4.64. The number of carbonyl (C=O) groups excluding carboxylic acids is 2. The maximum Gasteiger partial charge on any atom is 0.251 e. The Morgan fingerprint density at radius 2 is 1.92 bits per heavy atom. The minimum absolute atomic E-state index is 0.0454. The summed E-state index contributed by atoms with van der Waals surface area (Å²) in [5.74, 6) is -0.629. The lowest BCUT2D eigenvalue weighted by molar-refractivity contribution is -0.149. The number of carbonyl (C=O) groups is 2. The van der Waals surface area contributed by atoms with Crippen molar-refractivity contribution in [1.82, 2.24) is 10.2 Å². The molecule has 24 heavy (non-hydrogen) atoms. The molecule has 0 atom stereocenters. The van der Waals surface area contributed by atoms with Crippen LogP contribution in [0.3, 0.4) is 0 Å². The fourth-order valence-corrected chi connectivity index (χ4v) is 3.52. The SMILES string of the molecule is O=C(NCCC(=O)N1CCOC2(CCCC2)C1)c1ccc(F)cc1. The molecule has 0 unspecified atom stereocenters. The van der Waals surface area contributed by atoms with Gasteiger partial charge in [-0.3, -0.25) is 9.59 Å². The number of rotatable bonds is 4. The van der Waals surface area contributed by atoms with Crippen LogP contribution in [0, 0.1) is 5.82 Å². The maximum atomic E-state index is 12.8. The third-order valence-electron chi connectivity index (χ3n) is 4.85. The predicted octanol–water partition coefficient (Wildman–Crippen LogP) is 2.12. The summed E-state index contributed by atoms with van der Waals surface area (Å²) in [5.41, 5.74) is 0.255. The average molecular weight is 334 g/mol. The van der Waals surface area contributed by atoms with E-state index in [1.807, 2.05) is 4.90 Å². The van der Waals surface area contributed by atoms with Crippen molar-refractivity contribution in [2.45, 2.75) is 37.7 Å². The standard InChI is InChI=1S/C18H23FN2O3/c19-15-5-3-14(4-6-15)17(23)20-10-7-16(22)21-11-12-24-18(13-21)8-1-2-9-18/h3-6H,1-2,7-13H2,(H,20,23). The predicted molar refractivity (Wildman–Crippen MR) is 87.1 cm³/mol. The Kier molecular flexibility index (Phi) is 5.14. The summed E-state index contributed by atoms with van der Waals surface area (Å²) < 4.78 is 18.8. The first-order valence-corrected chi connectivity index (χ1v) is 8.54. The monoisotopic (exact) mass is 334 g/mol. The number of benzene rings is 1. The first-order valence-electron chi connectivity index (χ1n) is 8.54. The lowest BCUT2D eigenvalue weighted by Gasteiger charge is -2.40. The first kappa shape index (κ1) is 16.9. The van der Waals surface area contributed by atoms with Gasteiger partial charge in [-0.1, -0.05) is 12.8 Å². The number of nitrogens with one attached hydrogen (secondary N) is 1. The highest BCUT2D eigenvalue weighted by molar-refractivity contribution is 5.94. The van der Waals surface area contributed by atoms with E-state index in [1.165, 1.54) is 24.3 Å². The van der Waals surface area contributed by atoms with Gasteiger partial charge in [-0.2, -0.15) is 0 Å². The summed E-state index contributed by atoms with van der Waals surface area (Å²) in [5, 5.41) is 2.71. The van der Waals surface area contributed by atoms with Crippen LogP contribution >= 0.6 is 0 Å². The molecule has 1 aliphatic heterocycles. The molecule has 1 saturated heterocycles. The Bertz CT molecular complexity index is 597. The van der Waals surface area contributed by atoms with Crippen molar-refractivity contribution in [1.29, 1.82) is 0 Å². The van der Waals surface area contributed by atoms with Crippen molar-refractivity contribution in [3.63, 3.8) is 0 Å². The quantitative estimate of drug-likeness (QED) is 0.917. The van der Waals surface area contributed by atoms with E-state index in [1.54, 1.807) is 0 Å². The normalized spacial score (nSPS) is 19.5. The highest BCUT2D eigenvalue weighted by Crippen LogP contribution is 2.35. The van der Waals surface area contributed by atoms with E-state index in [-0.39, 0.29) is 36.2 Å². The molecule has 3 rings (SSSR count). The van der Waals surface area contributed by atoms with Gasteiger partial charge in [-0.25, -0.2) is 4.39 Å². The van der Waals surface area contributed by atoms with Gasteiger partial charge in [0, 0.05) is 31.6 Å². The number of amides is 2. The molecule has 1 N–H and O–H groups in total. The van der Waals surface area contributed by atoms with Gasteiger partial charge in [0.05, 0.1) is 12.2 Å². The maximum absolute atomic E-state index is 12.8. The van der Waals surface area contributed by atoms with Crippen molar-refractivity contribution in [2.75, 3.05) is 26.2 Å². The third kappa shape index (κ3) is 3.93. The van der Waals surface area contributed by atoms with Crippen LogP contribution in [-0.4, -0.2) is 48.6 Å². The van der Waals surface area contributed by atoms with E-state index in [4.69, 9.17) is 4.74 Å². The van der Waals surface area contributed by atoms with Crippen molar-refractivity contribution in [2.24, 2.45) is 0 Å². The Labute approximate surface area is 141 Å². The molecule has 1 aromatic rings. The van der Waals surface area contributed by atoms with E-state index in [9.17, 15) is 14.0 Å². The van der Waals surface area contributed by atoms with Crippen LogP contribution in [0.1, 0.15) is 42.5 Å². The number of morpholine rings is 1. The van der Waals surface area contributed by atoms with E-state index < -0.39 is 0 Å². The largest absolute Gasteiger partial charge is 0.371 e. The van der Waals surface area contributed by atoms with Crippen molar-refractivity contribution in [3.8, 4) is 0 Å². The first-order chi connectivity index (χ1) is 11.6. The Morgan fingerprint density at radius 1 is 1.21 bits per heavy atom. The summed E-state index contributed by atoms with van der Waals surface area (Å²) in [4.78, 5) is 26.2. The second-order valence-electron chi connectivity index (χ2n) is 6.57. The summed E-state index contributed by atoms with van der Waals surface area (Å²) in [6, 6.07) is 5.35. The van der Waals surface area contributed by atoms with E-state index in [0.29, 0.717) is 25.3 Å². The summed E-state index contributed by atoms with van der Waals surface area (Å²) >= 11 is 0. The van der Waals surface area contributed by atoms with Crippen LogP contribution in [0.4, 0.5) is 4.39 Å². The molecule has 1 saturated carbocycles. The molecular weight excluding hydrogens is 311 g/mol. The molecule has 2 fully saturated rings. The van der Waals surface area contributed by atoms with Gasteiger partial charge in [0.2, 0.25) is 5.91 Å². The number of halogens is 1. The summed E-state index contributed by atoms with van der Waals surface area (Å²) in [7, 11) is 0. The van der Waals surface area contributed by atoms with E-state index in [0.717, 1.165) is 25.7 Å². The molecule has 0 bridgehead atoms. The van der Waals surface area contributed by atoms with Crippen molar-refractivity contribution >= 4 is 11.8 Å². The molecule has 2 amide bonds. The third-order valence-corrected chi connectivity index (χ3v) is 4.85. The molecule has 0 aromatic heterocycles. The Balaban J connectivity index is 1.45. The van der Waals surface area contributed by atoms with Gasteiger partial charge in [-0.05, 0) is 37.1 Å². The zero-order valence-corrected chi connectivity index (χ0v) is 13.7. The molecule has 5 nitrogen and oxygen atoms in total. The molecular formula is C18H23FN2O3. The van der Waals surface area contributed by atoms with Gasteiger partial charge in [0.1, 0.15) is 5.82 Å². The lowest BCUT2D eigenvalue weighted by Crippen LogP contribution is -2.52. The molecule has 6 heteroatoms. The van der Waals surface area contributed by atoms with Gasteiger partial charge in [0.25, 0.3) is 5.91 Å². The highest BCUT2D eigenvalue weighted by Gasteiger charge is 2.40. The van der Waals surface area contributed by atoms with Gasteiger partial charge < -0.3 is 15.0 Å². The van der Waals surface area contributed by atoms with Gasteiger partial charge >= 0.3 is 0 Å². The molecule has 0 radical (unpaired) electrons. The minimum Gasteiger partial charge on any atom is -0.371 e. The molecule has 2 aliphatic rings. The Morgan fingerprint density at radius 3 is 2.62 bits per heavy atom. The van der Waals surface area contributed by atoms with Crippen LogP contribution in [0.15, 0.2) is 24.3 Å². The topological polar surface area (TPSA) is 58.6 Å². The fourth-order valence-electron chi connectivity index (χ4n) is 3.52. The lowest BCUT2D eigenvalue weighted by atomic mass is 9.99. The van der Waals surface area contributed by atoms with Crippen molar-refractivity contribution < 1.29 is 18.7 Å². The molecule has 1 spiro atoms. The van der Waals surface area contributed by atoms with Crippen LogP contribution in [0.2, 0.25) is 0 Å². The number of hydrogen-bond acceptors (Lipinski definition) is 3. The smallest absolute Gasteiger partial charge is 0.251 e. The van der Waals surface area contributed by atoms with Gasteiger partial charge in [0.15, 0.2) is 0 Å². The van der Waals surface area contributed by atoms with Crippen LogP contribution in [0.25, 0.3) is 0 Å². The second kappa shape index (κ2) is 7.30. The minimum atomic E-state index is -0.380. The number of hydrogen-bond donors (Lipinski definition) is 1. The van der Waals surface area contributed by atoms with E-state index >= 15 is 0 Å². The Hall–Kier alpha value is -1.95. The number of nitrogens with zero attached hydrogens (tertiary/aromatic N) is 1. The molecule has 1 aliphatic carbocycles. The average Bonchev–Trinajstić information content (AvgIpc) is 3.03.